The lowest BCUT2D eigenvalue weighted by Gasteiger charge is -2.36. The first kappa shape index (κ1) is 28.0. The van der Waals surface area contributed by atoms with Crippen molar-refractivity contribution in [3.63, 3.8) is 0 Å². The molecule has 206 valence electrons. The molecule has 1 fully saturated rings. The van der Waals surface area contributed by atoms with E-state index in [-0.39, 0.29) is 35.8 Å². The lowest BCUT2D eigenvalue weighted by Crippen LogP contribution is -2.46. The topological polar surface area (TPSA) is 93.2 Å². The van der Waals surface area contributed by atoms with Crippen LogP contribution in [-0.4, -0.2) is 85.8 Å². The Morgan fingerprint density at radius 1 is 1.18 bits per heavy atom. The van der Waals surface area contributed by atoms with Crippen molar-refractivity contribution in [3.8, 4) is 5.75 Å². The number of ether oxygens (including phenoxy) is 3. The van der Waals surface area contributed by atoms with Crippen molar-refractivity contribution in [3.05, 3.63) is 53.9 Å². The zero-order valence-electron chi connectivity index (χ0n) is 22.9. The fourth-order valence-corrected chi connectivity index (χ4v) is 5.08. The van der Waals surface area contributed by atoms with Crippen LogP contribution in [0.4, 0.5) is 5.69 Å². The molecule has 3 heterocycles. The minimum absolute atomic E-state index is 0.0453. The summed E-state index contributed by atoms with van der Waals surface area (Å²) < 4.78 is 17.5. The van der Waals surface area contributed by atoms with Gasteiger partial charge in [-0.25, -0.2) is 0 Å². The number of pyridine rings is 1. The molecule has 1 aromatic carbocycles. The number of aromatic nitrogens is 1. The van der Waals surface area contributed by atoms with E-state index in [9.17, 15) is 9.59 Å². The van der Waals surface area contributed by atoms with Gasteiger partial charge in [-0.2, -0.15) is 0 Å². The van der Waals surface area contributed by atoms with Gasteiger partial charge in [0.2, 0.25) is 5.91 Å². The average Bonchev–Trinajstić information content (AvgIpc) is 2.94. The van der Waals surface area contributed by atoms with Gasteiger partial charge in [0.05, 0.1) is 11.7 Å². The molecule has 0 aliphatic carbocycles. The second-order valence-corrected chi connectivity index (χ2v) is 10.5. The van der Waals surface area contributed by atoms with Gasteiger partial charge in [0.15, 0.2) is 0 Å². The smallest absolute Gasteiger partial charge is 0.257 e. The summed E-state index contributed by atoms with van der Waals surface area (Å²) in [5, 5.41) is 2.99. The molecule has 3 atom stereocenters. The maximum atomic E-state index is 13.6. The Balaban J connectivity index is 1.59. The van der Waals surface area contributed by atoms with E-state index in [0.29, 0.717) is 56.2 Å². The molecule has 2 aliphatic rings. The van der Waals surface area contributed by atoms with Gasteiger partial charge in [0.1, 0.15) is 12.4 Å². The van der Waals surface area contributed by atoms with Crippen LogP contribution in [0.3, 0.4) is 0 Å². The van der Waals surface area contributed by atoms with E-state index in [4.69, 9.17) is 14.2 Å². The van der Waals surface area contributed by atoms with Gasteiger partial charge in [0, 0.05) is 77.0 Å². The van der Waals surface area contributed by atoms with Gasteiger partial charge in [-0.05, 0) is 55.5 Å². The highest BCUT2D eigenvalue weighted by molar-refractivity contribution is 5.99. The van der Waals surface area contributed by atoms with E-state index >= 15 is 0 Å². The summed E-state index contributed by atoms with van der Waals surface area (Å²) in [4.78, 5) is 34.7. The molecular weight excluding hydrogens is 484 g/mol. The highest BCUT2D eigenvalue weighted by Crippen LogP contribution is 2.27. The molecule has 38 heavy (non-hydrogen) atoms. The predicted molar refractivity (Wildman–Crippen MR) is 145 cm³/mol. The molecule has 2 amide bonds. The zero-order chi connectivity index (χ0) is 27.1. The van der Waals surface area contributed by atoms with Crippen molar-refractivity contribution in [1.29, 1.82) is 0 Å². The number of rotatable bonds is 5. The highest BCUT2D eigenvalue weighted by atomic mass is 16.5. The van der Waals surface area contributed by atoms with Crippen molar-refractivity contribution in [1.82, 2.24) is 14.8 Å². The summed E-state index contributed by atoms with van der Waals surface area (Å²) in [6.07, 6.45) is 4.92. The van der Waals surface area contributed by atoms with Crippen molar-refractivity contribution in [2.24, 2.45) is 11.8 Å². The van der Waals surface area contributed by atoms with Crippen molar-refractivity contribution in [2.75, 3.05) is 52.4 Å². The molecule has 0 unspecified atom stereocenters. The molecule has 1 aromatic heterocycles. The van der Waals surface area contributed by atoms with Crippen LogP contribution in [0.1, 0.15) is 42.6 Å². The van der Waals surface area contributed by atoms with Crippen LogP contribution in [0.5, 0.6) is 5.75 Å². The summed E-state index contributed by atoms with van der Waals surface area (Å²) >= 11 is 0. The number of benzene rings is 1. The van der Waals surface area contributed by atoms with Crippen LogP contribution in [0.25, 0.3) is 0 Å². The minimum atomic E-state index is -0.170. The first-order chi connectivity index (χ1) is 18.4. The van der Waals surface area contributed by atoms with Crippen LogP contribution < -0.4 is 10.1 Å². The molecule has 2 aromatic rings. The van der Waals surface area contributed by atoms with Crippen molar-refractivity contribution < 1.29 is 23.8 Å². The lowest BCUT2D eigenvalue weighted by atomic mass is 9.99. The van der Waals surface area contributed by atoms with E-state index in [2.05, 4.69) is 35.1 Å². The maximum absolute atomic E-state index is 13.6. The summed E-state index contributed by atoms with van der Waals surface area (Å²) in [5.74, 6) is 0.364. The fraction of sp³-hybridized carbons (Fsp3) is 0.552. The van der Waals surface area contributed by atoms with Crippen LogP contribution in [0.15, 0.2) is 42.7 Å². The number of carbonyl (C=O) groups excluding carboxylic acids is 2. The second-order valence-electron chi connectivity index (χ2n) is 10.5. The monoisotopic (exact) mass is 524 g/mol. The van der Waals surface area contributed by atoms with Gasteiger partial charge in [-0.1, -0.05) is 13.0 Å². The maximum Gasteiger partial charge on any atom is 0.257 e. The number of likely N-dealkylation sites (N-methyl/N-ethyl adjacent to an activating group) is 1. The molecular formula is C29H40N4O5. The van der Waals surface area contributed by atoms with Gasteiger partial charge in [-0.3, -0.25) is 19.5 Å². The summed E-state index contributed by atoms with van der Waals surface area (Å²) in [6, 6.07) is 9.40. The van der Waals surface area contributed by atoms with E-state index in [1.54, 1.807) is 43.5 Å². The standard InChI is InChI=1S/C29H40N4O5/c1-20-16-33(17-22-6-5-11-30-15-22)21(2)19-38-26-8-7-24(31-28(34)23-9-12-37-13-10-23)14-25(26)29(35)32(3)18-27(20)36-4/h5-8,11,14-15,20-21,23,27H,9-10,12-13,16-19H2,1-4H3,(H,31,34)/t20-,21+,27-/m0/s1. The molecule has 4 rings (SSSR count). The second kappa shape index (κ2) is 13.2. The normalized spacial score (nSPS) is 24.1. The average molecular weight is 525 g/mol. The first-order valence-electron chi connectivity index (χ1n) is 13.4. The molecule has 9 nitrogen and oxygen atoms in total. The van der Waals surface area contributed by atoms with Crippen molar-refractivity contribution in [2.45, 2.75) is 45.4 Å². The summed E-state index contributed by atoms with van der Waals surface area (Å²) in [7, 11) is 3.47. The molecule has 9 heteroatoms. The Labute approximate surface area is 225 Å². The Kier molecular flexibility index (Phi) is 9.71. The van der Waals surface area contributed by atoms with E-state index in [0.717, 1.165) is 18.7 Å². The number of anilines is 1. The van der Waals surface area contributed by atoms with E-state index in [1.165, 1.54) is 0 Å². The van der Waals surface area contributed by atoms with E-state index in [1.807, 2.05) is 12.3 Å². The van der Waals surface area contributed by atoms with Gasteiger partial charge in [-0.15, -0.1) is 0 Å². The first-order valence-corrected chi connectivity index (χ1v) is 13.4. The Morgan fingerprint density at radius 2 is 1.97 bits per heavy atom. The Morgan fingerprint density at radius 3 is 2.68 bits per heavy atom. The van der Waals surface area contributed by atoms with Crippen LogP contribution in [0, 0.1) is 11.8 Å². The third kappa shape index (κ3) is 7.09. The number of fused-ring (bicyclic) bond motifs is 1. The molecule has 2 aliphatic heterocycles. The lowest BCUT2D eigenvalue weighted by molar-refractivity contribution is -0.122. The zero-order valence-corrected chi connectivity index (χ0v) is 22.9. The quantitative estimate of drug-likeness (QED) is 0.640. The fourth-order valence-electron chi connectivity index (χ4n) is 5.08. The van der Waals surface area contributed by atoms with Crippen LogP contribution in [0.2, 0.25) is 0 Å². The molecule has 0 bridgehead atoms. The molecule has 1 N–H and O–H groups in total. The van der Waals surface area contributed by atoms with E-state index < -0.39 is 0 Å². The largest absolute Gasteiger partial charge is 0.491 e. The predicted octanol–water partition coefficient (Wildman–Crippen LogP) is 3.45. The molecule has 1 saturated heterocycles. The van der Waals surface area contributed by atoms with Gasteiger partial charge in [0.25, 0.3) is 5.91 Å². The molecule has 0 saturated carbocycles. The van der Waals surface area contributed by atoms with Crippen molar-refractivity contribution >= 4 is 17.5 Å². The number of carbonyl (C=O) groups is 2. The summed E-state index contributed by atoms with van der Waals surface area (Å²) in [6.45, 7) is 7.82. The van der Waals surface area contributed by atoms with Gasteiger partial charge < -0.3 is 24.4 Å². The molecule has 0 spiro atoms. The molecule has 0 radical (unpaired) electrons. The minimum Gasteiger partial charge on any atom is -0.491 e. The van der Waals surface area contributed by atoms with Crippen LogP contribution in [-0.2, 0) is 20.8 Å². The summed E-state index contributed by atoms with van der Waals surface area (Å²) in [5.41, 5.74) is 2.14. The van der Waals surface area contributed by atoms with Crippen LogP contribution >= 0.6 is 0 Å². The number of hydrogen-bond acceptors (Lipinski definition) is 7. The number of methoxy groups -OCH3 is 1. The Hall–Kier alpha value is -3.01. The number of nitrogens with one attached hydrogen (secondary N) is 1. The third-order valence-electron chi connectivity index (χ3n) is 7.54. The highest BCUT2D eigenvalue weighted by Gasteiger charge is 2.29. The third-order valence-corrected chi connectivity index (χ3v) is 7.54. The SMILES string of the molecule is CO[C@H]1CN(C)C(=O)c2cc(NC(=O)C3CCOCC3)ccc2OC[C@@H](C)N(Cc2cccnc2)C[C@@H]1C. The Bertz CT molecular complexity index is 1080. The number of hydrogen-bond donors (Lipinski definition) is 1. The van der Waals surface area contributed by atoms with Gasteiger partial charge >= 0.3 is 0 Å². The number of nitrogens with zero attached hydrogens (tertiary/aromatic N) is 3. The number of amides is 2.